The smallest absolute Gasteiger partial charge is 0.252 e. The lowest BCUT2D eigenvalue weighted by molar-refractivity contribution is 0.0952. The van der Waals surface area contributed by atoms with Crippen LogP contribution < -0.4 is 5.32 Å². The van der Waals surface area contributed by atoms with Gasteiger partial charge in [0.1, 0.15) is 6.61 Å². The molecule has 0 bridgehead atoms. The number of rotatable bonds is 7. The van der Waals surface area contributed by atoms with Gasteiger partial charge in [-0.3, -0.25) is 4.79 Å². The summed E-state index contributed by atoms with van der Waals surface area (Å²) in [7, 11) is 1.69. The average molecular weight is 289 g/mol. The zero-order valence-electron chi connectivity index (χ0n) is 12.7. The van der Waals surface area contributed by atoms with Crippen molar-refractivity contribution in [2.24, 2.45) is 0 Å². The standard InChI is InChI=1S/C17H23NO3/c1-14-8-9-15(7-6-11-19)16(13-14)17(20)18-10-4-3-5-12-21-2/h8-9,13,19H,3-5,10-12H2,1-2H3,(H,18,20). The van der Waals surface area contributed by atoms with E-state index in [-0.39, 0.29) is 12.5 Å². The topological polar surface area (TPSA) is 58.6 Å². The second-order valence-corrected chi connectivity index (χ2v) is 4.82. The van der Waals surface area contributed by atoms with E-state index in [1.807, 2.05) is 25.1 Å². The van der Waals surface area contributed by atoms with E-state index in [0.29, 0.717) is 17.7 Å². The summed E-state index contributed by atoms with van der Waals surface area (Å²) >= 11 is 0. The molecule has 0 saturated carbocycles. The first-order valence-electron chi connectivity index (χ1n) is 7.16. The third-order valence-corrected chi connectivity index (χ3v) is 3.03. The number of aliphatic hydroxyl groups excluding tert-OH is 1. The van der Waals surface area contributed by atoms with Crippen molar-refractivity contribution in [1.82, 2.24) is 5.32 Å². The number of nitrogens with one attached hydrogen (secondary N) is 1. The summed E-state index contributed by atoms with van der Waals surface area (Å²) in [5.74, 6) is 5.28. The fraction of sp³-hybridized carbons (Fsp3) is 0.471. The first-order valence-corrected chi connectivity index (χ1v) is 7.16. The van der Waals surface area contributed by atoms with Crippen molar-refractivity contribution in [2.45, 2.75) is 26.2 Å². The minimum atomic E-state index is -0.214. The predicted molar refractivity (Wildman–Crippen MR) is 83.2 cm³/mol. The van der Waals surface area contributed by atoms with Gasteiger partial charge in [-0.25, -0.2) is 0 Å². The number of unbranched alkanes of at least 4 members (excludes halogenated alkanes) is 2. The second-order valence-electron chi connectivity index (χ2n) is 4.82. The summed E-state index contributed by atoms with van der Waals surface area (Å²) in [6.45, 7) is 3.12. The lowest BCUT2D eigenvalue weighted by Crippen LogP contribution is -2.25. The van der Waals surface area contributed by atoms with Crippen molar-refractivity contribution in [1.29, 1.82) is 0 Å². The van der Waals surface area contributed by atoms with E-state index in [0.717, 1.165) is 31.4 Å². The summed E-state index contributed by atoms with van der Waals surface area (Å²) in [5.41, 5.74) is 2.22. The number of ether oxygens (including phenoxy) is 1. The van der Waals surface area contributed by atoms with Crippen molar-refractivity contribution in [3.63, 3.8) is 0 Å². The first-order chi connectivity index (χ1) is 10.2. The molecule has 1 aromatic carbocycles. The van der Waals surface area contributed by atoms with Crippen molar-refractivity contribution < 1.29 is 14.6 Å². The molecule has 21 heavy (non-hydrogen) atoms. The Hall–Kier alpha value is -1.83. The third-order valence-electron chi connectivity index (χ3n) is 3.03. The van der Waals surface area contributed by atoms with E-state index < -0.39 is 0 Å². The molecule has 4 heteroatoms. The molecular formula is C17H23NO3. The molecule has 0 aliphatic heterocycles. The molecule has 0 fully saturated rings. The summed E-state index contributed by atoms with van der Waals surface area (Å²) in [4.78, 5) is 12.2. The van der Waals surface area contributed by atoms with Gasteiger partial charge < -0.3 is 15.2 Å². The number of benzene rings is 1. The molecule has 0 saturated heterocycles. The van der Waals surface area contributed by atoms with Crippen molar-refractivity contribution in [2.75, 3.05) is 26.9 Å². The van der Waals surface area contributed by atoms with Crippen LogP contribution in [-0.2, 0) is 4.74 Å². The van der Waals surface area contributed by atoms with E-state index in [4.69, 9.17) is 9.84 Å². The van der Waals surface area contributed by atoms with Crippen LogP contribution in [0.1, 0.15) is 40.7 Å². The molecule has 2 N–H and O–H groups in total. The Morgan fingerprint density at radius 2 is 2.14 bits per heavy atom. The maximum absolute atomic E-state index is 12.2. The number of carbonyl (C=O) groups excluding carboxylic acids is 1. The largest absolute Gasteiger partial charge is 0.385 e. The van der Waals surface area contributed by atoms with Gasteiger partial charge in [0, 0.05) is 25.8 Å². The molecule has 0 atom stereocenters. The molecule has 4 nitrogen and oxygen atoms in total. The molecule has 0 aliphatic carbocycles. The van der Waals surface area contributed by atoms with Crippen LogP contribution in [0.5, 0.6) is 0 Å². The van der Waals surface area contributed by atoms with Crippen LogP contribution in [0.15, 0.2) is 18.2 Å². The SMILES string of the molecule is COCCCCCNC(=O)c1cc(C)ccc1C#CCO. The fourth-order valence-electron chi connectivity index (χ4n) is 1.94. The van der Waals surface area contributed by atoms with Crippen molar-refractivity contribution >= 4 is 5.91 Å². The Labute approximate surface area is 126 Å². The van der Waals surface area contributed by atoms with E-state index in [9.17, 15) is 4.79 Å². The van der Waals surface area contributed by atoms with Gasteiger partial charge >= 0.3 is 0 Å². The number of carbonyl (C=O) groups is 1. The summed E-state index contributed by atoms with van der Waals surface area (Å²) in [6, 6.07) is 5.54. The zero-order chi connectivity index (χ0) is 15.5. The highest BCUT2D eigenvalue weighted by molar-refractivity contribution is 5.96. The molecule has 0 unspecified atom stereocenters. The number of aryl methyl sites for hydroxylation is 1. The molecule has 0 spiro atoms. The van der Waals surface area contributed by atoms with Gasteiger partial charge in [-0.05, 0) is 38.3 Å². The molecule has 0 aromatic heterocycles. The van der Waals surface area contributed by atoms with Crippen molar-refractivity contribution in [3.05, 3.63) is 34.9 Å². The van der Waals surface area contributed by atoms with Crippen LogP contribution in [0, 0.1) is 18.8 Å². The number of amides is 1. The zero-order valence-corrected chi connectivity index (χ0v) is 12.7. The van der Waals surface area contributed by atoms with Crippen LogP contribution >= 0.6 is 0 Å². The van der Waals surface area contributed by atoms with Gasteiger partial charge in [-0.2, -0.15) is 0 Å². The number of hydrogen-bond donors (Lipinski definition) is 2. The predicted octanol–water partition coefficient (Wildman–Crippen LogP) is 1.89. The van der Waals surface area contributed by atoms with Crippen LogP contribution in [0.2, 0.25) is 0 Å². The Morgan fingerprint density at radius 3 is 2.86 bits per heavy atom. The second kappa shape index (κ2) is 9.98. The summed E-state index contributed by atoms with van der Waals surface area (Å²) in [5, 5.41) is 11.7. The van der Waals surface area contributed by atoms with E-state index in [1.54, 1.807) is 7.11 Å². The number of aliphatic hydroxyl groups is 1. The molecule has 1 amide bonds. The Balaban J connectivity index is 2.58. The molecule has 0 heterocycles. The average Bonchev–Trinajstić information content (AvgIpc) is 2.49. The highest BCUT2D eigenvalue weighted by Crippen LogP contribution is 2.11. The highest BCUT2D eigenvalue weighted by atomic mass is 16.5. The van der Waals surface area contributed by atoms with E-state index in [1.165, 1.54) is 0 Å². The van der Waals surface area contributed by atoms with E-state index in [2.05, 4.69) is 17.2 Å². The van der Waals surface area contributed by atoms with Gasteiger partial charge in [0.25, 0.3) is 5.91 Å². The van der Waals surface area contributed by atoms with Crippen LogP contribution in [-0.4, -0.2) is 37.9 Å². The van der Waals surface area contributed by atoms with Gasteiger partial charge in [0.15, 0.2) is 0 Å². The molecule has 0 radical (unpaired) electrons. The monoisotopic (exact) mass is 289 g/mol. The van der Waals surface area contributed by atoms with E-state index >= 15 is 0 Å². The maximum Gasteiger partial charge on any atom is 0.252 e. The van der Waals surface area contributed by atoms with Gasteiger partial charge in [0.05, 0.1) is 5.56 Å². The van der Waals surface area contributed by atoms with Crippen LogP contribution in [0.4, 0.5) is 0 Å². The maximum atomic E-state index is 12.2. The van der Waals surface area contributed by atoms with Gasteiger partial charge in [-0.15, -0.1) is 0 Å². The molecule has 0 aliphatic rings. The Morgan fingerprint density at radius 1 is 1.33 bits per heavy atom. The van der Waals surface area contributed by atoms with Crippen molar-refractivity contribution in [3.8, 4) is 11.8 Å². The highest BCUT2D eigenvalue weighted by Gasteiger charge is 2.09. The summed E-state index contributed by atoms with van der Waals surface area (Å²) in [6.07, 6.45) is 2.96. The third kappa shape index (κ3) is 6.44. The summed E-state index contributed by atoms with van der Waals surface area (Å²) < 4.78 is 4.98. The molecule has 1 aromatic rings. The molecule has 114 valence electrons. The Kier molecular flexibility index (Phi) is 8.18. The molecular weight excluding hydrogens is 266 g/mol. The normalized spacial score (nSPS) is 9.86. The quantitative estimate of drug-likeness (QED) is 0.595. The first kappa shape index (κ1) is 17.2. The number of methoxy groups -OCH3 is 1. The minimum absolute atomic E-state index is 0.118. The number of hydrogen-bond acceptors (Lipinski definition) is 3. The molecule has 1 rings (SSSR count). The van der Waals surface area contributed by atoms with Gasteiger partial charge in [0.2, 0.25) is 0 Å². The lowest BCUT2D eigenvalue weighted by atomic mass is 10.0. The fourth-order valence-corrected chi connectivity index (χ4v) is 1.94. The minimum Gasteiger partial charge on any atom is -0.385 e. The lowest BCUT2D eigenvalue weighted by Gasteiger charge is -2.08. The van der Waals surface area contributed by atoms with Crippen LogP contribution in [0.3, 0.4) is 0 Å². The Bertz CT molecular complexity index is 515. The van der Waals surface area contributed by atoms with Gasteiger partial charge in [-0.1, -0.05) is 23.5 Å². The van der Waals surface area contributed by atoms with Crippen LogP contribution in [0.25, 0.3) is 0 Å².